The van der Waals surface area contributed by atoms with Crippen LogP contribution in [0.15, 0.2) is 42.6 Å². The molecule has 0 bridgehead atoms. The molecule has 5 nitrogen and oxygen atoms in total. The summed E-state index contributed by atoms with van der Waals surface area (Å²) < 4.78 is 17.8. The summed E-state index contributed by atoms with van der Waals surface area (Å²) in [7, 11) is 0. The van der Waals surface area contributed by atoms with Crippen LogP contribution in [-0.2, 0) is 12.8 Å². The molecule has 1 aliphatic heterocycles. The minimum Gasteiger partial charge on any atom is -0.488 e. The molecule has 6 heteroatoms. The molecule has 0 unspecified atom stereocenters. The van der Waals surface area contributed by atoms with E-state index >= 15 is 0 Å². The van der Waals surface area contributed by atoms with Crippen molar-refractivity contribution in [2.24, 2.45) is 5.92 Å². The first-order valence-electron chi connectivity index (χ1n) is 10.3. The third-order valence-corrected chi connectivity index (χ3v) is 6.13. The first-order valence-corrected chi connectivity index (χ1v) is 10.3. The third-order valence-electron chi connectivity index (χ3n) is 6.13. The van der Waals surface area contributed by atoms with Crippen molar-refractivity contribution in [3.63, 3.8) is 0 Å². The molecule has 1 N–H and O–H groups in total. The van der Waals surface area contributed by atoms with E-state index in [2.05, 4.69) is 22.0 Å². The first-order chi connectivity index (χ1) is 14.2. The zero-order valence-electron chi connectivity index (χ0n) is 16.5. The van der Waals surface area contributed by atoms with E-state index in [1.807, 2.05) is 12.1 Å². The predicted molar refractivity (Wildman–Crippen MR) is 108 cm³/mol. The van der Waals surface area contributed by atoms with Gasteiger partial charge in [0, 0.05) is 24.6 Å². The van der Waals surface area contributed by atoms with Gasteiger partial charge in [0.25, 0.3) is 0 Å². The number of hydrogen-bond acceptors (Lipinski definition) is 5. The quantitative estimate of drug-likeness (QED) is 0.758. The van der Waals surface area contributed by atoms with Crippen LogP contribution in [0.2, 0.25) is 0 Å². The number of halogens is 1. The Morgan fingerprint density at radius 1 is 1.14 bits per heavy atom. The number of carbonyl (C=O) groups excluding carboxylic acids is 1. The smallest absolute Gasteiger partial charge is 0.188 e. The van der Waals surface area contributed by atoms with Crippen LogP contribution in [0.4, 0.5) is 4.39 Å². The molecule has 0 radical (unpaired) electrons. The Labute approximate surface area is 170 Å². The van der Waals surface area contributed by atoms with Gasteiger partial charge in [-0.05, 0) is 55.6 Å². The number of alkyl halides is 1. The third kappa shape index (κ3) is 4.33. The Balaban J connectivity index is 1.39. The lowest BCUT2D eigenvalue weighted by Crippen LogP contribution is -2.51. The van der Waals surface area contributed by atoms with Crippen LogP contribution >= 0.6 is 0 Å². The molecule has 2 aromatic rings. The molecule has 1 aliphatic carbocycles. The van der Waals surface area contributed by atoms with E-state index in [1.54, 1.807) is 18.3 Å². The number of benzene rings is 1. The number of aliphatic hydroxyl groups is 1. The monoisotopic (exact) mass is 398 g/mol. The molecule has 0 spiro atoms. The zero-order valence-corrected chi connectivity index (χ0v) is 16.5. The SMILES string of the molecule is O=C(c1ncccc1OCCF)C1CCN([C@H]2Cc3ccccc3C[C@@H]2O)CC1. The fraction of sp³-hybridized carbons (Fsp3) is 0.478. The van der Waals surface area contributed by atoms with Gasteiger partial charge in [-0.15, -0.1) is 0 Å². The molecule has 2 heterocycles. The number of pyridine rings is 1. The summed E-state index contributed by atoms with van der Waals surface area (Å²) in [4.78, 5) is 19.5. The molecule has 0 amide bonds. The van der Waals surface area contributed by atoms with Crippen molar-refractivity contribution < 1.29 is 19.0 Å². The number of nitrogens with zero attached hydrogens (tertiary/aromatic N) is 2. The number of fused-ring (bicyclic) bond motifs is 1. The Kier molecular flexibility index (Phi) is 6.21. The molecule has 1 aromatic carbocycles. The standard InChI is InChI=1S/C23H27FN2O3/c24-9-13-29-21-6-3-10-25-22(21)23(28)16-7-11-26(12-8-16)19-14-17-4-1-2-5-18(17)15-20(19)27/h1-6,10,16,19-20,27H,7-9,11-15H2/t19-,20-/m0/s1. The Bertz CT molecular complexity index is 852. The number of Topliss-reactive ketones (excluding diaryl/α,β-unsaturated/α-hetero) is 1. The number of piperidine rings is 1. The largest absolute Gasteiger partial charge is 0.488 e. The molecule has 29 heavy (non-hydrogen) atoms. The average Bonchev–Trinajstić information content (AvgIpc) is 2.77. The van der Waals surface area contributed by atoms with Gasteiger partial charge in [0.2, 0.25) is 0 Å². The van der Waals surface area contributed by atoms with Crippen LogP contribution < -0.4 is 4.74 Å². The highest BCUT2D eigenvalue weighted by molar-refractivity contribution is 5.98. The number of likely N-dealkylation sites (tertiary alicyclic amines) is 1. The fourth-order valence-corrected chi connectivity index (χ4v) is 4.58. The second-order valence-electron chi connectivity index (χ2n) is 7.87. The lowest BCUT2D eigenvalue weighted by molar-refractivity contribution is 0.0238. The Morgan fingerprint density at radius 2 is 1.86 bits per heavy atom. The number of aromatic nitrogens is 1. The topological polar surface area (TPSA) is 62.7 Å². The summed E-state index contributed by atoms with van der Waals surface area (Å²) in [5.74, 6) is 0.201. The van der Waals surface area contributed by atoms with Crippen LogP contribution in [0.25, 0.3) is 0 Å². The molecule has 2 aliphatic rings. The van der Waals surface area contributed by atoms with E-state index in [1.165, 1.54) is 11.1 Å². The minimum atomic E-state index is -0.603. The van der Waals surface area contributed by atoms with Crippen molar-refractivity contribution in [3.05, 3.63) is 59.4 Å². The van der Waals surface area contributed by atoms with E-state index in [0.717, 1.165) is 32.4 Å². The van der Waals surface area contributed by atoms with Crippen LogP contribution in [-0.4, -0.2) is 59.3 Å². The molecule has 1 saturated heterocycles. The highest BCUT2D eigenvalue weighted by Gasteiger charge is 2.35. The van der Waals surface area contributed by atoms with Gasteiger partial charge in [-0.25, -0.2) is 9.37 Å². The van der Waals surface area contributed by atoms with Crippen LogP contribution in [0, 0.1) is 5.92 Å². The lowest BCUT2D eigenvalue weighted by atomic mass is 9.83. The van der Waals surface area contributed by atoms with Crippen molar-refractivity contribution in [2.75, 3.05) is 26.4 Å². The molecule has 0 saturated carbocycles. The number of ketones is 1. The fourth-order valence-electron chi connectivity index (χ4n) is 4.58. The summed E-state index contributed by atoms with van der Waals surface area (Å²) in [6, 6.07) is 11.8. The summed E-state index contributed by atoms with van der Waals surface area (Å²) in [5, 5.41) is 10.7. The van der Waals surface area contributed by atoms with Gasteiger partial charge in [-0.2, -0.15) is 0 Å². The summed E-state index contributed by atoms with van der Waals surface area (Å²) in [6.45, 7) is 0.862. The highest BCUT2D eigenvalue weighted by atomic mass is 19.1. The number of hydrogen-bond donors (Lipinski definition) is 1. The van der Waals surface area contributed by atoms with E-state index in [4.69, 9.17) is 4.74 Å². The van der Waals surface area contributed by atoms with Gasteiger partial charge in [0.1, 0.15) is 24.7 Å². The van der Waals surface area contributed by atoms with Gasteiger partial charge in [-0.3, -0.25) is 9.69 Å². The maximum absolute atomic E-state index is 13.0. The van der Waals surface area contributed by atoms with Gasteiger partial charge < -0.3 is 9.84 Å². The van der Waals surface area contributed by atoms with Gasteiger partial charge in [0.05, 0.1) is 6.10 Å². The number of carbonyl (C=O) groups is 1. The Morgan fingerprint density at radius 3 is 2.59 bits per heavy atom. The van der Waals surface area contributed by atoms with Crippen LogP contribution in [0.5, 0.6) is 5.75 Å². The molecule has 1 fully saturated rings. The molecular formula is C23H27FN2O3. The van der Waals surface area contributed by atoms with Crippen molar-refractivity contribution in [2.45, 2.75) is 37.8 Å². The number of aliphatic hydroxyl groups excluding tert-OH is 1. The number of ether oxygens (including phenoxy) is 1. The zero-order chi connectivity index (χ0) is 20.2. The van der Waals surface area contributed by atoms with E-state index in [0.29, 0.717) is 17.9 Å². The van der Waals surface area contributed by atoms with Crippen LogP contribution in [0.1, 0.15) is 34.5 Å². The number of rotatable bonds is 6. The van der Waals surface area contributed by atoms with Gasteiger partial charge in [0.15, 0.2) is 5.78 Å². The normalized spacial score (nSPS) is 22.8. The molecule has 154 valence electrons. The summed E-state index contributed by atoms with van der Waals surface area (Å²) in [5.41, 5.74) is 2.84. The van der Waals surface area contributed by atoms with E-state index in [-0.39, 0.29) is 30.5 Å². The Hall–Kier alpha value is -2.31. The van der Waals surface area contributed by atoms with E-state index < -0.39 is 6.67 Å². The van der Waals surface area contributed by atoms with Gasteiger partial charge in [-0.1, -0.05) is 24.3 Å². The van der Waals surface area contributed by atoms with Crippen LogP contribution in [0.3, 0.4) is 0 Å². The minimum absolute atomic E-state index is 0.0337. The molecular weight excluding hydrogens is 371 g/mol. The van der Waals surface area contributed by atoms with Crippen molar-refractivity contribution in [1.29, 1.82) is 0 Å². The predicted octanol–water partition coefficient (Wildman–Crippen LogP) is 2.85. The van der Waals surface area contributed by atoms with Crippen molar-refractivity contribution in [1.82, 2.24) is 9.88 Å². The molecule has 1 aromatic heterocycles. The first kappa shape index (κ1) is 20.0. The lowest BCUT2D eigenvalue weighted by Gasteiger charge is -2.41. The maximum atomic E-state index is 13.0. The summed E-state index contributed by atoms with van der Waals surface area (Å²) >= 11 is 0. The van der Waals surface area contributed by atoms with Gasteiger partial charge >= 0.3 is 0 Å². The average molecular weight is 398 g/mol. The molecule has 2 atom stereocenters. The molecule has 4 rings (SSSR count). The van der Waals surface area contributed by atoms with E-state index in [9.17, 15) is 14.3 Å². The maximum Gasteiger partial charge on any atom is 0.188 e. The van der Waals surface area contributed by atoms with Crippen molar-refractivity contribution in [3.8, 4) is 5.75 Å². The second-order valence-corrected chi connectivity index (χ2v) is 7.87. The summed E-state index contributed by atoms with van der Waals surface area (Å²) in [6.07, 6.45) is 4.17. The highest BCUT2D eigenvalue weighted by Crippen LogP contribution is 2.30. The van der Waals surface area contributed by atoms with Crippen molar-refractivity contribution >= 4 is 5.78 Å². The second kappa shape index (κ2) is 9.01.